The van der Waals surface area contributed by atoms with Gasteiger partial charge in [-0.25, -0.2) is 0 Å². The van der Waals surface area contributed by atoms with Crippen molar-refractivity contribution >= 4 is 23.6 Å². The summed E-state index contributed by atoms with van der Waals surface area (Å²) in [5, 5.41) is 20.6. The second kappa shape index (κ2) is 9.11. The standard InChI is InChI=1S/C16H27N5O6/c17-9(7-22)15(26)21-6-2-4-12(21)16(27)20-5-1-3-11(20)14(25)19-10(8-23)13(18)24/h9-12,22-23H,1-8,17H2,(H2,18,24)(H,19,25). The van der Waals surface area contributed by atoms with Crippen molar-refractivity contribution in [3.63, 3.8) is 0 Å². The van der Waals surface area contributed by atoms with Crippen molar-refractivity contribution in [3.05, 3.63) is 0 Å². The quantitative estimate of drug-likeness (QED) is 0.298. The number of aliphatic hydroxyl groups excluding tert-OH is 2. The molecule has 27 heavy (non-hydrogen) atoms. The summed E-state index contributed by atoms with van der Waals surface area (Å²) in [5.74, 6) is -2.29. The molecule has 0 aromatic carbocycles. The third-order valence-corrected chi connectivity index (χ3v) is 5.02. The molecule has 0 spiro atoms. The van der Waals surface area contributed by atoms with Crippen LogP contribution in [-0.2, 0) is 19.2 Å². The van der Waals surface area contributed by atoms with Crippen molar-refractivity contribution in [2.24, 2.45) is 11.5 Å². The van der Waals surface area contributed by atoms with Crippen LogP contribution < -0.4 is 16.8 Å². The van der Waals surface area contributed by atoms with Gasteiger partial charge in [-0.15, -0.1) is 0 Å². The van der Waals surface area contributed by atoms with Gasteiger partial charge in [-0.2, -0.15) is 0 Å². The molecule has 0 aliphatic carbocycles. The van der Waals surface area contributed by atoms with E-state index in [1.807, 2.05) is 0 Å². The highest BCUT2D eigenvalue weighted by molar-refractivity contribution is 5.95. The maximum absolute atomic E-state index is 13.0. The molecular weight excluding hydrogens is 358 g/mol. The number of amides is 4. The number of nitrogens with two attached hydrogens (primary N) is 2. The van der Waals surface area contributed by atoms with Gasteiger partial charge in [-0.3, -0.25) is 19.2 Å². The SMILES string of the molecule is NC(=O)C(CO)NC(=O)C1CCCN1C(=O)C1CCCN1C(=O)C(N)CO. The molecule has 11 heteroatoms. The summed E-state index contributed by atoms with van der Waals surface area (Å²) in [6.07, 6.45) is 2.08. The Bertz CT molecular complexity index is 600. The fourth-order valence-electron chi connectivity index (χ4n) is 3.55. The Morgan fingerprint density at radius 1 is 1.00 bits per heavy atom. The van der Waals surface area contributed by atoms with E-state index in [2.05, 4.69) is 5.32 Å². The molecule has 4 amide bonds. The summed E-state index contributed by atoms with van der Waals surface area (Å²) >= 11 is 0. The Kier molecular flexibility index (Phi) is 7.11. The van der Waals surface area contributed by atoms with E-state index >= 15 is 0 Å². The highest BCUT2D eigenvalue weighted by Gasteiger charge is 2.43. The molecule has 152 valence electrons. The first-order chi connectivity index (χ1) is 12.8. The molecule has 2 fully saturated rings. The zero-order valence-electron chi connectivity index (χ0n) is 15.0. The van der Waals surface area contributed by atoms with Crippen LogP contribution in [0, 0.1) is 0 Å². The Morgan fingerprint density at radius 3 is 2.15 bits per heavy atom. The predicted octanol–water partition coefficient (Wildman–Crippen LogP) is -3.75. The zero-order valence-corrected chi connectivity index (χ0v) is 15.0. The van der Waals surface area contributed by atoms with Gasteiger partial charge in [0.15, 0.2) is 0 Å². The minimum atomic E-state index is -1.22. The number of nitrogens with zero attached hydrogens (tertiary/aromatic N) is 2. The summed E-state index contributed by atoms with van der Waals surface area (Å²) in [5.41, 5.74) is 10.7. The van der Waals surface area contributed by atoms with Gasteiger partial charge >= 0.3 is 0 Å². The van der Waals surface area contributed by atoms with E-state index in [9.17, 15) is 19.2 Å². The summed E-state index contributed by atoms with van der Waals surface area (Å²) in [6.45, 7) is -0.434. The van der Waals surface area contributed by atoms with Crippen LogP contribution in [0.3, 0.4) is 0 Å². The van der Waals surface area contributed by atoms with Crippen LogP contribution in [0.4, 0.5) is 0 Å². The Balaban J connectivity index is 2.09. The average Bonchev–Trinajstić information content (AvgIpc) is 3.33. The van der Waals surface area contributed by atoms with Gasteiger partial charge < -0.3 is 36.8 Å². The second-order valence-electron chi connectivity index (χ2n) is 6.81. The van der Waals surface area contributed by atoms with Crippen LogP contribution in [0.5, 0.6) is 0 Å². The molecule has 0 saturated carbocycles. The van der Waals surface area contributed by atoms with Crippen molar-refractivity contribution in [1.29, 1.82) is 0 Å². The van der Waals surface area contributed by atoms with E-state index in [4.69, 9.17) is 21.7 Å². The molecule has 11 nitrogen and oxygen atoms in total. The lowest BCUT2D eigenvalue weighted by Gasteiger charge is -2.32. The van der Waals surface area contributed by atoms with Crippen molar-refractivity contribution in [1.82, 2.24) is 15.1 Å². The Hall–Kier alpha value is -2.24. The van der Waals surface area contributed by atoms with E-state index in [1.54, 1.807) is 0 Å². The molecule has 0 radical (unpaired) electrons. The lowest BCUT2D eigenvalue weighted by Crippen LogP contribution is -2.57. The predicted molar refractivity (Wildman–Crippen MR) is 92.7 cm³/mol. The normalized spacial score (nSPS) is 24.6. The van der Waals surface area contributed by atoms with Crippen LogP contribution in [-0.4, -0.2) is 94.1 Å². The van der Waals surface area contributed by atoms with Gasteiger partial charge in [0.1, 0.15) is 24.2 Å². The van der Waals surface area contributed by atoms with Crippen molar-refractivity contribution in [2.75, 3.05) is 26.3 Å². The van der Waals surface area contributed by atoms with E-state index in [-0.39, 0.29) is 5.91 Å². The number of carbonyl (C=O) groups excluding carboxylic acids is 4. The number of hydrogen-bond donors (Lipinski definition) is 5. The molecular formula is C16H27N5O6. The molecule has 2 aliphatic heterocycles. The lowest BCUT2D eigenvalue weighted by molar-refractivity contribution is -0.147. The number of likely N-dealkylation sites (tertiary alicyclic amines) is 2. The topological polar surface area (TPSA) is 179 Å². The number of aliphatic hydroxyl groups is 2. The molecule has 2 rings (SSSR count). The molecule has 7 N–H and O–H groups in total. The second-order valence-corrected chi connectivity index (χ2v) is 6.81. The summed E-state index contributed by atoms with van der Waals surface area (Å²) < 4.78 is 0. The van der Waals surface area contributed by atoms with Gasteiger partial charge in [0, 0.05) is 13.1 Å². The molecule has 2 aliphatic rings. The maximum Gasteiger partial charge on any atom is 0.246 e. The molecule has 0 aromatic rings. The van der Waals surface area contributed by atoms with Gasteiger partial charge in [0.05, 0.1) is 13.2 Å². The molecule has 2 heterocycles. The number of nitrogens with one attached hydrogen (secondary N) is 1. The monoisotopic (exact) mass is 385 g/mol. The number of carbonyl (C=O) groups is 4. The zero-order chi connectivity index (χ0) is 20.1. The molecule has 0 aromatic heterocycles. The van der Waals surface area contributed by atoms with Crippen LogP contribution in [0.2, 0.25) is 0 Å². The Labute approximate surface area is 156 Å². The lowest BCUT2D eigenvalue weighted by atomic mass is 10.1. The average molecular weight is 385 g/mol. The molecule has 4 atom stereocenters. The van der Waals surface area contributed by atoms with Crippen molar-refractivity contribution < 1.29 is 29.4 Å². The molecule has 0 bridgehead atoms. The number of primary amides is 1. The first kappa shape index (κ1) is 21.1. The summed E-state index contributed by atoms with van der Waals surface area (Å²) in [7, 11) is 0. The first-order valence-electron chi connectivity index (χ1n) is 8.99. The van der Waals surface area contributed by atoms with Crippen LogP contribution in [0.1, 0.15) is 25.7 Å². The van der Waals surface area contributed by atoms with Gasteiger partial charge in [0.2, 0.25) is 23.6 Å². The fourth-order valence-corrected chi connectivity index (χ4v) is 3.55. The maximum atomic E-state index is 13.0. The third kappa shape index (κ3) is 4.54. The minimum Gasteiger partial charge on any atom is -0.394 e. The third-order valence-electron chi connectivity index (χ3n) is 5.02. The van der Waals surface area contributed by atoms with E-state index in [1.165, 1.54) is 9.80 Å². The van der Waals surface area contributed by atoms with E-state index in [0.29, 0.717) is 38.8 Å². The van der Waals surface area contributed by atoms with Crippen molar-refractivity contribution in [2.45, 2.75) is 49.9 Å². The summed E-state index contributed by atoms with van der Waals surface area (Å²) in [6, 6.07) is -3.83. The molecule has 4 unspecified atom stereocenters. The van der Waals surface area contributed by atoms with Gasteiger partial charge in [-0.1, -0.05) is 0 Å². The van der Waals surface area contributed by atoms with E-state index in [0.717, 1.165) is 0 Å². The van der Waals surface area contributed by atoms with E-state index < -0.39 is 55.1 Å². The van der Waals surface area contributed by atoms with Crippen LogP contribution in [0.15, 0.2) is 0 Å². The highest BCUT2D eigenvalue weighted by atomic mass is 16.3. The minimum absolute atomic E-state index is 0.349. The summed E-state index contributed by atoms with van der Waals surface area (Å²) in [4.78, 5) is 51.7. The number of rotatable bonds is 7. The fraction of sp³-hybridized carbons (Fsp3) is 0.750. The van der Waals surface area contributed by atoms with Gasteiger partial charge in [0.25, 0.3) is 0 Å². The highest BCUT2D eigenvalue weighted by Crippen LogP contribution is 2.25. The van der Waals surface area contributed by atoms with Crippen LogP contribution in [0.25, 0.3) is 0 Å². The number of hydrogen-bond acceptors (Lipinski definition) is 7. The Morgan fingerprint density at radius 2 is 1.59 bits per heavy atom. The molecule has 2 saturated heterocycles. The van der Waals surface area contributed by atoms with Gasteiger partial charge in [-0.05, 0) is 25.7 Å². The van der Waals surface area contributed by atoms with Crippen LogP contribution >= 0.6 is 0 Å². The first-order valence-corrected chi connectivity index (χ1v) is 8.99. The van der Waals surface area contributed by atoms with Crippen molar-refractivity contribution in [3.8, 4) is 0 Å². The smallest absolute Gasteiger partial charge is 0.246 e. The largest absolute Gasteiger partial charge is 0.394 e.